The zero-order valence-corrected chi connectivity index (χ0v) is 12.3. The summed E-state index contributed by atoms with van der Waals surface area (Å²) in [6.45, 7) is 9.81. The van der Waals surface area contributed by atoms with Gasteiger partial charge in [0.05, 0.1) is 0 Å². The van der Waals surface area contributed by atoms with E-state index >= 15 is 0 Å². The highest BCUT2D eigenvalue weighted by atomic mass is 14.5. The maximum atomic E-state index is 2.67. The summed E-state index contributed by atoms with van der Waals surface area (Å²) in [6, 6.07) is 0. The fraction of sp³-hybridized carbons (Fsp3) is 0.882. The molecule has 0 aromatic rings. The highest BCUT2D eigenvalue weighted by Crippen LogP contribution is 2.52. The van der Waals surface area contributed by atoms with E-state index < -0.39 is 0 Å². The van der Waals surface area contributed by atoms with Crippen LogP contribution in [0.1, 0.15) is 79.1 Å². The first-order valence-electron chi connectivity index (χ1n) is 7.66. The van der Waals surface area contributed by atoms with E-state index in [4.69, 9.17) is 0 Å². The quantitative estimate of drug-likeness (QED) is 0.535. The largest absolute Gasteiger partial charge is 0.0791 e. The van der Waals surface area contributed by atoms with Gasteiger partial charge in [-0.2, -0.15) is 0 Å². The molecular weight excluding hydrogens is 204 g/mol. The van der Waals surface area contributed by atoms with Crippen LogP contribution in [-0.4, -0.2) is 0 Å². The Labute approximate surface area is 108 Å². The maximum Gasteiger partial charge on any atom is -0.0110 e. The Hall–Kier alpha value is -0.260. The molecule has 0 aromatic carbocycles. The molecular formula is C17H30. The van der Waals surface area contributed by atoms with Gasteiger partial charge in [0.1, 0.15) is 0 Å². The molecule has 1 atom stereocenters. The van der Waals surface area contributed by atoms with Gasteiger partial charge >= 0.3 is 0 Å². The summed E-state index contributed by atoms with van der Waals surface area (Å²) in [5.74, 6) is 0.956. The van der Waals surface area contributed by atoms with E-state index in [1.807, 2.05) is 0 Å². The molecule has 0 bridgehead atoms. The molecule has 0 spiro atoms. The molecule has 0 N–H and O–H groups in total. The fourth-order valence-corrected chi connectivity index (χ4v) is 4.53. The average Bonchev–Trinajstić information content (AvgIpc) is 2.28. The number of rotatable bonds is 2. The van der Waals surface area contributed by atoms with Crippen LogP contribution >= 0.6 is 0 Å². The van der Waals surface area contributed by atoms with Crippen LogP contribution in [0.4, 0.5) is 0 Å². The molecule has 2 aliphatic rings. The van der Waals surface area contributed by atoms with Gasteiger partial charge < -0.3 is 0 Å². The van der Waals surface area contributed by atoms with Gasteiger partial charge in [-0.05, 0) is 48.9 Å². The molecule has 0 radical (unpaired) electrons. The predicted molar refractivity (Wildman–Crippen MR) is 76.1 cm³/mol. The third kappa shape index (κ3) is 2.95. The third-order valence-electron chi connectivity index (χ3n) is 5.09. The van der Waals surface area contributed by atoms with Gasteiger partial charge in [0.25, 0.3) is 0 Å². The molecule has 2 aliphatic carbocycles. The van der Waals surface area contributed by atoms with Crippen molar-refractivity contribution in [1.82, 2.24) is 0 Å². The Morgan fingerprint density at radius 1 is 1.12 bits per heavy atom. The molecule has 0 nitrogen and oxygen atoms in total. The lowest BCUT2D eigenvalue weighted by Crippen LogP contribution is -2.36. The molecule has 0 saturated heterocycles. The second-order valence-electron chi connectivity index (χ2n) is 7.51. The normalized spacial score (nSPS) is 34.5. The van der Waals surface area contributed by atoms with Crippen molar-refractivity contribution in [2.24, 2.45) is 16.7 Å². The first-order chi connectivity index (χ1) is 7.95. The van der Waals surface area contributed by atoms with Gasteiger partial charge in [-0.15, -0.1) is 0 Å². The Morgan fingerprint density at radius 2 is 1.76 bits per heavy atom. The molecule has 0 aliphatic heterocycles. The SMILES string of the molecule is CCC1=CC(C)(C2CCCCC2)CC(C)(C)C1. The molecule has 0 heterocycles. The Balaban J connectivity index is 2.21. The molecule has 1 unspecified atom stereocenters. The molecule has 98 valence electrons. The molecule has 1 saturated carbocycles. The second-order valence-corrected chi connectivity index (χ2v) is 7.51. The Bertz CT molecular complexity index is 291. The summed E-state index contributed by atoms with van der Waals surface area (Å²) in [6.07, 6.45) is 14.0. The van der Waals surface area contributed by atoms with Crippen LogP contribution in [0.25, 0.3) is 0 Å². The van der Waals surface area contributed by atoms with Crippen molar-refractivity contribution in [2.75, 3.05) is 0 Å². The van der Waals surface area contributed by atoms with E-state index in [1.165, 1.54) is 51.4 Å². The van der Waals surface area contributed by atoms with E-state index in [2.05, 4.69) is 33.8 Å². The van der Waals surface area contributed by atoms with Crippen LogP contribution < -0.4 is 0 Å². The van der Waals surface area contributed by atoms with Crippen molar-refractivity contribution < 1.29 is 0 Å². The summed E-state index contributed by atoms with van der Waals surface area (Å²) in [4.78, 5) is 0. The van der Waals surface area contributed by atoms with E-state index in [0.717, 1.165) is 5.92 Å². The maximum absolute atomic E-state index is 2.67. The summed E-state index contributed by atoms with van der Waals surface area (Å²) >= 11 is 0. The van der Waals surface area contributed by atoms with E-state index in [1.54, 1.807) is 5.57 Å². The van der Waals surface area contributed by atoms with Gasteiger partial charge in [-0.3, -0.25) is 0 Å². The molecule has 0 heteroatoms. The van der Waals surface area contributed by atoms with Crippen molar-refractivity contribution >= 4 is 0 Å². The van der Waals surface area contributed by atoms with Crippen molar-refractivity contribution in [3.05, 3.63) is 11.6 Å². The van der Waals surface area contributed by atoms with Gasteiger partial charge in [0, 0.05) is 0 Å². The fourth-order valence-electron chi connectivity index (χ4n) is 4.53. The van der Waals surface area contributed by atoms with Crippen molar-refractivity contribution in [3.8, 4) is 0 Å². The van der Waals surface area contributed by atoms with E-state index in [9.17, 15) is 0 Å². The highest BCUT2D eigenvalue weighted by molar-refractivity contribution is 5.17. The summed E-state index contributed by atoms with van der Waals surface area (Å²) in [5, 5.41) is 0. The lowest BCUT2D eigenvalue weighted by molar-refractivity contribution is 0.104. The number of hydrogen-bond donors (Lipinski definition) is 0. The average molecular weight is 234 g/mol. The zero-order chi connectivity index (χ0) is 12.5. The molecule has 17 heavy (non-hydrogen) atoms. The minimum Gasteiger partial charge on any atom is -0.0791 e. The zero-order valence-electron chi connectivity index (χ0n) is 12.3. The molecule has 1 fully saturated rings. The molecule has 0 amide bonds. The third-order valence-corrected chi connectivity index (χ3v) is 5.09. The second kappa shape index (κ2) is 4.78. The van der Waals surface area contributed by atoms with Gasteiger partial charge in [-0.25, -0.2) is 0 Å². The number of allylic oxidation sites excluding steroid dienone is 2. The summed E-state index contributed by atoms with van der Waals surface area (Å²) in [5.41, 5.74) is 2.73. The van der Waals surface area contributed by atoms with Crippen molar-refractivity contribution in [3.63, 3.8) is 0 Å². The summed E-state index contributed by atoms with van der Waals surface area (Å²) in [7, 11) is 0. The van der Waals surface area contributed by atoms with Gasteiger partial charge in [0.15, 0.2) is 0 Å². The minimum atomic E-state index is 0.494. The van der Waals surface area contributed by atoms with Crippen LogP contribution in [-0.2, 0) is 0 Å². The van der Waals surface area contributed by atoms with Crippen molar-refractivity contribution in [1.29, 1.82) is 0 Å². The topological polar surface area (TPSA) is 0 Å². The van der Waals surface area contributed by atoms with Crippen LogP contribution in [0, 0.1) is 16.7 Å². The summed E-state index contributed by atoms with van der Waals surface area (Å²) < 4.78 is 0. The molecule has 0 aromatic heterocycles. The monoisotopic (exact) mass is 234 g/mol. The van der Waals surface area contributed by atoms with Crippen molar-refractivity contribution in [2.45, 2.75) is 79.1 Å². The highest BCUT2D eigenvalue weighted by Gasteiger charge is 2.40. The smallest absolute Gasteiger partial charge is 0.0110 e. The lowest BCUT2D eigenvalue weighted by atomic mass is 9.58. The number of hydrogen-bond acceptors (Lipinski definition) is 0. The molecule has 2 rings (SSSR count). The van der Waals surface area contributed by atoms with Crippen LogP contribution in [0.2, 0.25) is 0 Å². The van der Waals surface area contributed by atoms with E-state index in [0.29, 0.717) is 10.8 Å². The van der Waals surface area contributed by atoms with Gasteiger partial charge in [0.2, 0.25) is 0 Å². The lowest BCUT2D eigenvalue weighted by Gasteiger charge is -2.47. The predicted octanol–water partition coefficient (Wildman–Crippen LogP) is 5.73. The Kier molecular flexibility index (Phi) is 3.71. The van der Waals surface area contributed by atoms with E-state index in [-0.39, 0.29) is 0 Å². The van der Waals surface area contributed by atoms with Crippen LogP contribution in [0.15, 0.2) is 11.6 Å². The van der Waals surface area contributed by atoms with Gasteiger partial charge in [-0.1, -0.05) is 58.6 Å². The first kappa shape index (κ1) is 13.2. The Morgan fingerprint density at radius 3 is 2.35 bits per heavy atom. The minimum absolute atomic E-state index is 0.494. The van der Waals surface area contributed by atoms with Crippen LogP contribution in [0.3, 0.4) is 0 Å². The van der Waals surface area contributed by atoms with Crippen LogP contribution in [0.5, 0.6) is 0 Å². The standard InChI is InChI=1S/C17H30/c1-5-14-11-16(2,3)13-17(4,12-14)15-9-7-6-8-10-15/h12,15H,5-11,13H2,1-4H3. The first-order valence-corrected chi connectivity index (χ1v) is 7.66.